The summed E-state index contributed by atoms with van der Waals surface area (Å²) in [7, 11) is -3.04. The van der Waals surface area contributed by atoms with E-state index >= 15 is 0 Å². The number of hydrogen-bond donors (Lipinski definition) is 0. The van der Waals surface area contributed by atoms with Crippen LogP contribution in [0.3, 0.4) is 0 Å². The van der Waals surface area contributed by atoms with E-state index < -0.39 is 7.60 Å². The van der Waals surface area contributed by atoms with Gasteiger partial charge in [0.1, 0.15) is 0 Å². The Balaban J connectivity index is 0.00000169. The Hall–Kier alpha value is 0.447. The molecule has 0 aliphatic rings. The number of hydrogen-bond acceptors (Lipinski definition) is 4. The first-order valence-electron chi connectivity index (χ1n) is 4.08. The van der Waals surface area contributed by atoms with Crippen LogP contribution in [-0.2, 0) is 13.6 Å². The Morgan fingerprint density at radius 1 is 1.43 bits per heavy atom. The molecule has 1 aromatic heterocycles. The fraction of sp³-hybridized carbons (Fsp3) is 0.500. The van der Waals surface area contributed by atoms with E-state index in [1.807, 2.05) is 0 Å². The number of rotatable bonds is 5. The summed E-state index contributed by atoms with van der Waals surface area (Å²) < 4.78 is 22.9. The Labute approximate surface area is 101 Å². The van der Waals surface area contributed by atoms with Crippen molar-refractivity contribution in [3.8, 4) is 0 Å². The van der Waals surface area contributed by atoms with Crippen molar-refractivity contribution in [3.63, 3.8) is 0 Å². The largest absolute Gasteiger partial charge is 1.00 e. The molecule has 0 atom stereocenters. The van der Waals surface area contributed by atoms with Gasteiger partial charge in [0, 0.05) is 0 Å². The van der Waals surface area contributed by atoms with Crippen molar-refractivity contribution < 1.29 is 32.5 Å². The SMILES string of the molecule is CCOP(=O)(OCC)c1cc[c-]s1.[Li+]. The van der Waals surface area contributed by atoms with Gasteiger partial charge in [0.2, 0.25) is 0 Å². The second-order valence-electron chi connectivity index (χ2n) is 2.22. The van der Waals surface area contributed by atoms with Crippen LogP contribution < -0.4 is 23.5 Å². The van der Waals surface area contributed by atoms with E-state index in [0.717, 1.165) is 0 Å². The van der Waals surface area contributed by atoms with Crippen LogP contribution in [0.4, 0.5) is 0 Å². The van der Waals surface area contributed by atoms with Crippen LogP contribution in [-0.4, -0.2) is 13.2 Å². The van der Waals surface area contributed by atoms with Gasteiger partial charge in [0.05, 0.1) is 13.2 Å². The smallest absolute Gasteiger partial charge is 0.314 e. The molecule has 0 unspecified atom stereocenters. The summed E-state index contributed by atoms with van der Waals surface area (Å²) in [5, 5.41) is 2.86. The second kappa shape index (κ2) is 6.84. The van der Waals surface area contributed by atoms with Gasteiger partial charge in [0.15, 0.2) is 0 Å². The predicted molar refractivity (Wildman–Crippen MR) is 53.6 cm³/mol. The van der Waals surface area contributed by atoms with E-state index in [0.29, 0.717) is 17.8 Å². The molecule has 1 aromatic rings. The molecule has 14 heavy (non-hydrogen) atoms. The maximum atomic E-state index is 12.0. The van der Waals surface area contributed by atoms with Crippen LogP contribution in [0.2, 0.25) is 0 Å². The zero-order valence-corrected chi connectivity index (χ0v) is 10.4. The fourth-order valence-electron chi connectivity index (χ4n) is 0.885. The third-order valence-electron chi connectivity index (χ3n) is 1.33. The Morgan fingerprint density at radius 2 is 2.00 bits per heavy atom. The molecule has 6 heteroatoms. The van der Waals surface area contributed by atoms with Gasteiger partial charge in [-0.1, -0.05) is 0 Å². The zero-order valence-electron chi connectivity index (χ0n) is 8.65. The van der Waals surface area contributed by atoms with Crippen molar-refractivity contribution in [2.75, 3.05) is 13.2 Å². The van der Waals surface area contributed by atoms with Gasteiger partial charge in [-0.2, -0.15) is 12.1 Å². The topological polar surface area (TPSA) is 35.5 Å². The van der Waals surface area contributed by atoms with E-state index in [-0.39, 0.29) is 18.9 Å². The molecule has 1 heterocycles. The molecule has 0 bridgehead atoms. The van der Waals surface area contributed by atoms with Crippen LogP contribution in [0.25, 0.3) is 0 Å². The first-order chi connectivity index (χ1) is 6.23. The first kappa shape index (κ1) is 14.4. The quantitative estimate of drug-likeness (QED) is 0.383. The Bertz CT molecular complexity index is 279. The van der Waals surface area contributed by atoms with Crippen molar-refractivity contribution >= 4 is 23.6 Å². The minimum Gasteiger partial charge on any atom is -0.314 e. The summed E-state index contributed by atoms with van der Waals surface area (Å²) >= 11 is 1.27. The molecule has 0 radical (unpaired) electrons. The molecule has 1 rings (SSSR count). The Kier molecular flexibility index (Phi) is 7.06. The monoisotopic (exact) mass is 226 g/mol. The summed E-state index contributed by atoms with van der Waals surface area (Å²) in [4.78, 5) is 0. The molecular weight excluding hydrogens is 214 g/mol. The second-order valence-corrected chi connectivity index (χ2v) is 5.40. The van der Waals surface area contributed by atoms with Gasteiger partial charge in [-0.3, -0.25) is 15.9 Å². The molecule has 0 N–H and O–H groups in total. The van der Waals surface area contributed by atoms with Gasteiger partial charge in [0.25, 0.3) is 0 Å². The minimum atomic E-state index is -3.04. The van der Waals surface area contributed by atoms with Crippen molar-refractivity contribution in [3.05, 3.63) is 17.5 Å². The van der Waals surface area contributed by atoms with E-state index in [4.69, 9.17) is 9.05 Å². The zero-order chi connectivity index (χ0) is 9.73. The van der Waals surface area contributed by atoms with E-state index in [1.165, 1.54) is 11.3 Å². The molecule has 0 aliphatic heterocycles. The standard InChI is InChI=1S/C8H12O3PS.Li/c1-3-10-12(9,11-4-2)8-6-5-7-13-8;/h5-6H,3-4H2,1-2H3;/q-1;+1. The molecule has 0 amide bonds. The third kappa shape index (κ3) is 3.55. The summed E-state index contributed by atoms with van der Waals surface area (Å²) in [5.41, 5.74) is 0. The molecule has 0 fully saturated rings. The molecule has 0 spiro atoms. The molecule has 0 aliphatic carbocycles. The van der Waals surface area contributed by atoms with E-state index in [1.54, 1.807) is 26.0 Å². The maximum Gasteiger partial charge on any atom is 1.00 e. The van der Waals surface area contributed by atoms with Gasteiger partial charge in [-0.15, -0.1) is 5.38 Å². The van der Waals surface area contributed by atoms with E-state index in [2.05, 4.69) is 5.38 Å². The minimum absolute atomic E-state index is 0. The van der Waals surface area contributed by atoms with E-state index in [9.17, 15) is 4.57 Å². The average molecular weight is 226 g/mol. The third-order valence-corrected chi connectivity index (χ3v) is 4.75. The van der Waals surface area contributed by atoms with Crippen LogP contribution in [0.1, 0.15) is 13.8 Å². The predicted octanol–water partition coefficient (Wildman–Crippen LogP) is -0.556. The molecular formula is C8H12LiO3PS. The summed E-state index contributed by atoms with van der Waals surface area (Å²) in [5.74, 6) is 0. The van der Waals surface area contributed by atoms with Gasteiger partial charge in [-0.05, 0) is 18.5 Å². The molecule has 0 saturated heterocycles. The van der Waals surface area contributed by atoms with Crippen LogP contribution in [0.5, 0.6) is 0 Å². The van der Waals surface area contributed by atoms with Gasteiger partial charge >= 0.3 is 26.5 Å². The molecule has 3 nitrogen and oxygen atoms in total. The summed E-state index contributed by atoms with van der Waals surface area (Å²) in [6, 6.07) is 3.43. The molecule has 0 aromatic carbocycles. The normalized spacial score (nSPS) is 11.0. The van der Waals surface area contributed by atoms with Crippen molar-refractivity contribution in [2.24, 2.45) is 0 Å². The van der Waals surface area contributed by atoms with Gasteiger partial charge < -0.3 is 9.05 Å². The molecule has 74 valence electrons. The van der Waals surface area contributed by atoms with Crippen LogP contribution >= 0.6 is 18.9 Å². The maximum absolute atomic E-state index is 12.0. The first-order valence-corrected chi connectivity index (χ1v) is 6.44. The molecule has 0 saturated carbocycles. The summed E-state index contributed by atoms with van der Waals surface area (Å²) in [6.07, 6.45) is 0. The van der Waals surface area contributed by atoms with Gasteiger partial charge in [-0.25, -0.2) is 0 Å². The van der Waals surface area contributed by atoms with Crippen molar-refractivity contribution in [1.29, 1.82) is 0 Å². The fourth-order valence-corrected chi connectivity index (χ4v) is 3.47. The average Bonchev–Trinajstić information content (AvgIpc) is 2.57. The number of thiophene rings is 1. The summed E-state index contributed by atoms with van der Waals surface area (Å²) in [6.45, 7) is 4.36. The van der Waals surface area contributed by atoms with Crippen LogP contribution in [0.15, 0.2) is 12.1 Å². The van der Waals surface area contributed by atoms with Crippen LogP contribution in [0, 0.1) is 5.38 Å². The van der Waals surface area contributed by atoms with Crippen molar-refractivity contribution in [2.45, 2.75) is 13.8 Å². The Morgan fingerprint density at radius 3 is 2.36 bits per heavy atom. The van der Waals surface area contributed by atoms with Crippen molar-refractivity contribution in [1.82, 2.24) is 0 Å².